The van der Waals surface area contributed by atoms with Crippen molar-refractivity contribution in [1.29, 1.82) is 0 Å². The molecule has 4 atom stereocenters. The minimum absolute atomic E-state index is 0.0191. The third-order valence-corrected chi connectivity index (χ3v) is 3.42. The maximum Gasteiger partial charge on any atom is 0.351 e. The van der Waals surface area contributed by atoms with E-state index < -0.39 is 43.0 Å². The number of nitrogen functional groups attached to an aromatic ring is 1. The minimum Gasteiger partial charge on any atom is -0.394 e. The quantitative estimate of drug-likeness (QED) is 0.468. The van der Waals surface area contributed by atoms with Crippen molar-refractivity contribution in [3.63, 3.8) is 0 Å². The van der Waals surface area contributed by atoms with Crippen LogP contribution in [-0.2, 0) is 4.74 Å². The van der Waals surface area contributed by atoms with Crippen LogP contribution in [-0.4, -0.2) is 56.0 Å². The Bertz CT molecular complexity index is 682. The van der Waals surface area contributed by atoms with Gasteiger partial charge in [0.15, 0.2) is 11.8 Å². The lowest BCUT2D eigenvalue weighted by molar-refractivity contribution is -0.0774. The summed E-state index contributed by atoms with van der Waals surface area (Å²) >= 11 is 0. The van der Waals surface area contributed by atoms with E-state index in [1.54, 1.807) is 0 Å². The Morgan fingerprint density at radius 3 is 2.86 bits per heavy atom. The molecule has 1 aromatic rings. The van der Waals surface area contributed by atoms with Crippen LogP contribution in [0, 0.1) is 18.8 Å². The van der Waals surface area contributed by atoms with Gasteiger partial charge in [-0.05, 0) is 13.0 Å². The van der Waals surface area contributed by atoms with Crippen molar-refractivity contribution in [1.82, 2.24) is 9.55 Å². The SMILES string of the molecule is Cc1cc(N)nc(=O)n1C1OC(CO)C(O)C1(O)C#CCF. The minimum atomic E-state index is -2.27. The van der Waals surface area contributed by atoms with Crippen molar-refractivity contribution in [3.8, 4) is 11.8 Å². The third kappa shape index (κ3) is 2.57. The van der Waals surface area contributed by atoms with Gasteiger partial charge in [0.1, 0.15) is 24.7 Å². The molecule has 1 aliphatic rings. The molecular weight excluding hydrogens is 297 g/mol. The molecule has 5 N–H and O–H groups in total. The average Bonchev–Trinajstić information content (AvgIpc) is 2.69. The highest BCUT2D eigenvalue weighted by atomic mass is 19.1. The second-order valence-corrected chi connectivity index (χ2v) is 4.89. The predicted molar refractivity (Wildman–Crippen MR) is 73.3 cm³/mol. The van der Waals surface area contributed by atoms with E-state index in [4.69, 9.17) is 10.5 Å². The number of alkyl halides is 1. The molecule has 0 aromatic carbocycles. The Balaban J connectivity index is 2.59. The van der Waals surface area contributed by atoms with Crippen LogP contribution in [0.3, 0.4) is 0 Å². The number of nitrogens with zero attached hydrogens (tertiary/aromatic N) is 2. The Morgan fingerprint density at radius 2 is 2.32 bits per heavy atom. The van der Waals surface area contributed by atoms with Crippen LogP contribution in [0.5, 0.6) is 0 Å². The van der Waals surface area contributed by atoms with Crippen molar-refractivity contribution < 1.29 is 24.4 Å². The fourth-order valence-corrected chi connectivity index (χ4v) is 2.40. The number of ether oxygens (including phenoxy) is 1. The highest BCUT2D eigenvalue weighted by Crippen LogP contribution is 2.38. The third-order valence-electron chi connectivity index (χ3n) is 3.42. The molecule has 2 heterocycles. The normalized spacial score (nSPS) is 30.9. The molecule has 120 valence electrons. The number of aromatic nitrogens is 2. The Kier molecular flexibility index (Phi) is 4.48. The lowest BCUT2D eigenvalue weighted by atomic mass is 9.94. The number of nitrogens with two attached hydrogens (primary N) is 1. The zero-order valence-corrected chi connectivity index (χ0v) is 11.7. The summed E-state index contributed by atoms with van der Waals surface area (Å²) in [7, 11) is 0. The summed E-state index contributed by atoms with van der Waals surface area (Å²) in [4.78, 5) is 15.6. The topological polar surface area (TPSA) is 131 Å². The highest BCUT2D eigenvalue weighted by molar-refractivity contribution is 5.30. The molecule has 2 rings (SSSR count). The van der Waals surface area contributed by atoms with E-state index >= 15 is 0 Å². The second kappa shape index (κ2) is 6.02. The average molecular weight is 313 g/mol. The molecule has 9 heteroatoms. The van der Waals surface area contributed by atoms with Gasteiger partial charge in [-0.15, -0.1) is 0 Å². The van der Waals surface area contributed by atoms with Gasteiger partial charge in [-0.25, -0.2) is 9.18 Å². The van der Waals surface area contributed by atoms with Crippen molar-refractivity contribution in [2.24, 2.45) is 0 Å². The number of anilines is 1. The maximum atomic E-state index is 12.3. The molecule has 0 aliphatic carbocycles. The summed E-state index contributed by atoms with van der Waals surface area (Å²) in [6.07, 6.45) is -4.28. The number of hydrogen-bond acceptors (Lipinski definition) is 7. The van der Waals surface area contributed by atoms with Gasteiger partial charge in [0.05, 0.1) is 6.61 Å². The van der Waals surface area contributed by atoms with Gasteiger partial charge >= 0.3 is 5.69 Å². The van der Waals surface area contributed by atoms with E-state index in [2.05, 4.69) is 10.9 Å². The Morgan fingerprint density at radius 1 is 1.64 bits per heavy atom. The van der Waals surface area contributed by atoms with Crippen molar-refractivity contribution in [3.05, 3.63) is 22.2 Å². The largest absolute Gasteiger partial charge is 0.394 e. The molecule has 1 aliphatic heterocycles. The number of halogens is 1. The monoisotopic (exact) mass is 313 g/mol. The number of hydrogen-bond donors (Lipinski definition) is 4. The summed E-state index contributed by atoms with van der Waals surface area (Å²) in [5, 5.41) is 29.9. The van der Waals surface area contributed by atoms with Crippen LogP contribution >= 0.6 is 0 Å². The van der Waals surface area contributed by atoms with Crippen molar-refractivity contribution in [2.75, 3.05) is 19.0 Å². The summed E-state index contributed by atoms with van der Waals surface area (Å²) < 4.78 is 18.6. The molecule has 4 unspecified atom stereocenters. The van der Waals surface area contributed by atoms with Crippen LogP contribution in [0.4, 0.5) is 10.2 Å². The highest BCUT2D eigenvalue weighted by Gasteiger charge is 2.56. The molecular formula is C13H16FN3O5. The van der Waals surface area contributed by atoms with Crippen LogP contribution in [0.2, 0.25) is 0 Å². The van der Waals surface area contributed by atoms with Gasteiger partial charge in [0, 0.05) is 5.69 Å². The van der Waals surface area contributed by atoms with Gasteiger partial charge in [-0.2, -0.15) is 4.98 Å². The molecule has 0 amide bonds. The molecule has 1 aromatic heterocycles. The van der Waals surface area contributed by atoms with Gasteiger partial charge < -0.3 is 25.8 Å². The summed E-state index contributed by atoms with van der Waals surface area (Å²) in [5.41, 5.74) is 2.66. The molecule has 8 nitrogen and oxygen atoms in total. The lowest BCUT2D eigenvalue weighted by Gasteiger charge is -2.27. The summed E-state index contributed by atoms with van der Waals surface area (Å²) in [6, 6.07) is 1.37. The van der Waals surface area contributed by atoms with Crippen LogP contribution in [0.1, 0.15) is 11.9 Å². The van der Waals surface area contributed by atoms with E-state index in [9.17, 15) is 24.5 Å². The van der Waals surface area contributed by atoms with Crippen molar-refractivity contribution >= 4 is 5.82 Å². The Labute approximate surface area is 125 Å². The number of aliphatic hydroxyl groups excluding tert-OH is 2. The number of rotatable bonds is 2. The lowest BCUT2D eigenvalue weighted by Crippen LogP contribution is -2.48. The second-order valence-electron chi connectivity index (χ2n) is 4.89. The van der Waals surface area contributed by atoms with E-state index in [0.717, 1.165) is 4.57 Å². The fourth-order valence-electron chi connectivity index (χ4n) is 2.40. The molecule has 0 spiro atoms. The van der Waals surface area contributed by atoms with E-state index in [1.165, 1.54) is 13.0 Å². The molecule has 1 fully saturated rings. The van der Waals surface area contributed by atoms with Gasteiger partial charge in [0.2, 0.25) is 0 Å². The first-order valence-electron chi connectivity index (χ1n) is 6.43. The van der Waals surface area contributed by atoms with Gasteiger partial charge in [-0.1, -0.05) is 11.8 Å². The van der Waals surface area contributed by atoms with E-state index in [1.807, 2.05) is 5.92 Å². The molecule has 1 saturated heterocycles. The fraction of sp³-hybridized carbons (Fsp3) is 0.538. The molecule has 0 radical (unpaired) electrons. The van der Waals surface area contributed by atoms with Crippen LogP contribution in [0.15, 0.2) is 10.9 Å². The molecule has 0 saturated carbocycles. The van der Waals surface area contributed by atoms with Crippen LogP contribution < -0.4 is 11.4 Å². The number of aliphatic hydroxyl groups is 3. The standard InChI is InChI=1S/C13H16FN3O5/c1-7-5-9(15)16-12(20)17(7)11-13(21,3-2-4-14)10(19)8(6-18)22-11/h5,8,10-11,18-19,21H,4,6H2,1H3,(H2,15,16,20). The predicted octanol–water partition coefficient (Wildman–Crippen LogP) is -1.91. The molecule has 22 heavy (non-hydrogen) atoms. The first-order valence-corrected chi connectivity index (χ1v) is 6.43. The first kappa shape index (κ1) is 16.4. The van der Waals surface area contributed by atoms with Crippen molar-refractivity contribution in [2.45, 2.75) is 31.0 Å². The Hall–Kier alpha value is -1.99. The van der Waals surface area contributed by atoms with E-state index in [-0.39, 0.29) is 5.82 Å². The van der Waals surface area contributed by atoms with E-state index in [0.29, 0.717) is 5.69 Å². The maximum absolute atomic E-state index is 12.3. The summed E-state index contributed by atoms with van der Waals surface area (Å²) in [6.45, 7) is -0.155. The smallest absolute Gasteiger partial charge is 0.351 e. The zero-order valence-electron chi connectivity index (χ0n) is 11.7. The van der Waals surface area contributed by atoms with Crippen LogP contribution in [0.25, 0.3) is 0 Å². The first-order chi connectivity index (χ1) is 10.3. The van der Waals surface area contributed by atoms with Gasteiger partial charge in [-0.3, -0.25) is 4.57 Å². The van der Waals surface area contributed by atoms with Gasteiger partial charge in [0.25, 0.3) is 0 Å². The summed E-state index contributed by atoms with van der Waals surface area (Å²) in [5.74, 6) is 4.15. The molecule has 0 bridgehead atoms. The number of aryl methyl sites for hydroxylation is 1. The zero-order chi connectivity index (χ0) is 16.5.